The van der Waals surface area contributed by atoms with Crippen LogP contribution in [0.3, 0.4) is 0 Å². The standard InChI is InChI=1S/C22H21BrN4O3/c1-15(28)24-18-8-10-19(11-9-18)25-21(29)3-2-14-27-22(30)13-12-20(26-27)16-4-6-17(23)7-5-16/h4-13H,2-3,14H2,1H3,(H,24,28)(H,25,29). The Hall–Kier alpha value is -3.26. The summed E-state index contributed by atoms with van der Waals surface area (Å²) in [6.45, 7) is 1.78. The first-order chi connectivity index (χ1) is 14.4. The zero-order valence-corrected chi connectivity index (χ0v) is 18.0. The Labute approximate surface area is 182 Å². The number of hydrogen-bond acceptors (Lipinski definition) is 4. The van der Waals surface area contributed by atoms with Gasteiger partial charge in [0.2, 0.25) is 11.8 Å². The second kappa shape index (κ2) is 9.98. The highest BCUT2D eigenvalue weighted by atomic mass is 79.9. The van der Waals surface area contributed by atoms with Crippen molar-refractivity contribution in [3.05, 3.63) is 75.5 Å². The van der Waals surface area contributed by atoms with Crippen molar-refractivity contribution in [2.24, 2.45) is 0 Å². The third-order valence-corrected chi connectivity index (χ3v) is 4.80. The summed E-state index contributed by atoms with van der Waals surface area (Å²) in [6, 6.07) is 17.7. The predicted octanol–water partition coefficient (Wildman–Crippen LogP) is 4.05. The summed E-state index contributed by atoms with van der Waals surface area (Å²) in [5.41, 5.74) is 2.71. The van der Waals surface area contributed by atoms with Crippen molar-refractivity contribution in [3.8, 4) is 11.3 Å². The molecule has 0 aliphatic heterocycles. The molecular formula is C22H21BrN4O3. The minimum atomic E-state index is -0.204. The van der Waals surface area contributed by atoms with Crippen LogP contribution >= 0.6 is 15.9 Å². The van der Waals surface area contributed by atoms with E-state index >= 15 is 0 Å². The van der Waals surface area contributed by atoms with Gasteiger partial charge < -0.3 is 10.6 Å². The number of nitrogens with zero attached hydrogens (tertiary/aromatic N) is 2. The van der Waals surface area contributed by atoms with Crippen LogP contribution in [0.5, 0.6) is 0 Å². The molecule has 0 saturated heterocycles. The van der Waals surface area contributed by atoms with E-state index in [2.05, 4.69) is 31.7 Å². The molecule has 3 rings (SSSR count). The minimum absolute atomic E-state index is 0.153. The van der Waals surface area contributed by atoms with Crippen molar-refractivity contribution >= 4 is 39.1 Å². The molecule has 7 nitrogen and oxygen atoms in total. The molecule has 30 heavy (non-hydrogen) atoms. The Morgan fingerprint density at radius 2 is 1.57 bits per heavy atom. The lowest BCUT2D eigenvalue weighted by atomic mass is 10.1. The molecule has 0 unspecified atom stereocenters. The summed E-state index contributed by atoms with van der Waals surface area (Å²) in [5.74, 6) is -0.306. The first-order valence-electron chi connectivity index (χ1n) is 9.42. The van der Waals surface area contributed by atoms with E-state index in [4.69, 9.17) is 0 Å². The Kier molecular flexibility index (Phi) is 7.13. The van der Waals surface area contributed by atoms with Crippen LogP contribution in [0.4, 0.5) is 11.4 Å². The summed E-state index contributed by atoms with van der Waals surface area (Å²) in [6.07, 6.45) is 0.733. The monoisotopic (exact) mass is 468 g/mol. The highest BCUT2D eigenvalue weighted by molar-refractivity contribution is 9.10. The molecule has 0 fully saturated rings. The highest BCUT2D eigenvalue weighted by Gasteiger charge is 2.07. The number of anilines is 2. The lowest BCUT2D eigenvalue weighted by Crippen LogP contribution is -2.23. The molecule has 0 aliphatic rings. The summed E-state index contributed by atoms with van der Waals surface area (Å²) in [7, 11) is 0. The fraction of sp³-hybridized carbons (Fsp3) is 0.182. The van der Waals surface area contributed by atoms with Gasteiger partial charge in [0.25, 0.3) is 5.56 Å². The van der Waals surface area contributed by atoms with Gasteiger partial charge in [-0.05, 0) is 48.9 Å². The van der Waals surface area contributed by atoms with Crippen LogP contribution in [0.15, 0.2) is 69.9 Å². The van der Waals surface area contributed by atoms with Gasteiger partial charge in [0.05, 0.1) is 5.69 Å². The molecule has 0 bridgehead atoms. The van der Waals surface area contributed by atoms with E-state index in [-0.39, 0.29) is 23.8 Å². The average Bonchev–Trinajstić information content (AvgIpc) is 2.71. The molecule has 0 spiro atoms. The van der Waals surface area contributed by atoms with E-state index < -0.39 is 0 Å². The normalized spacial score (nSPS) is 10.5. The molecule has 0 aliphatic carbocycles. The molecule has 8 heteroatoms. The zero-order valence-electron chi connectivity index (χ0n) is 16.4. The van der Waals surface area contributed by atoms with Crippen molar-refractivity contribution in [2.75, 3.05) is 10.6 Å². The van der Waals surface area contributed by atoms with Gasteiger partial charge >= 0.3 is 0 Å². The SMILES string of the molecule is CC(=O)Nc1ccc(NC(=O)CCCn2nc(-c3ccc(Br)cc3)ccc2=O)cc1. The predicted molar refractivity (Wildman–Crippen MR) is 120 cm³/mol. The maximum Gasteiger partial charge on any atom is 0.266 e. The van der Waals surface area contributed by atoms with Gasteiger partial charge in [0.1, 0.15) is 0 Å². The first-order valence-corrected chi connectivity index (χ1v) is 10.2. The van der Waals surface area contributed by atoms with Gasteiger partial charge in [-0.25, -0.2) is 4.68 Å². The van der Waals surface area contributed by atoms with Crippen molar-refractivity contribution in [2.45, 2.75) is 26.3 Å². The number of benzene rings is 2. The third kappa shape index (κ3) is 6.12. The van der Waals surface area contributed by atoms with Gasteiger partial charge in [-0.3, -0.25) is 14.4 Å². The second-order valence-electron chi connectivity index (χ2n) is 6.70. The largest absolute Gasteiger partial charge is 0.326 e. The number of aryl methyl sites for hydroxylation is 1. The fourth-order valence-corrected chi connectivity index (χ4v) is 3.10. The van der Waals surface area contributed by atoms with Crippen LogP contribution in [0, 0.1) is 0 Å². The number of nitrogens with one attached hydrogen (secondary N) is 2. The first kappa shape index (κ1) is 21.4. The van der Waals surface area contributed by atoms with Crippen LogP contribution in [-0.2, 0) is 16.1 Å². The molecule has 0 atom stereocenters. The molecule has 0 radical (unpaired) electrons. The van der Waals surface area contributed by atoms with Crippen LogP contribution in [0.1, 0.15) is 19.8 Å². The third-order valence-electron chi connectivity index (χ3n) is 4.27. The number of halogens is 1. The molecule has 0 saturated carbocycles. The maximum absolute atomic E-state index is 12.2. The van der Waals surface area contributed by atoms with Crippen molar-refractivity contribution in [3.63, 3.8) is 0 Å². The van der Waals surface area contributed by atoms with E-state index in [1.54, 1.807) is 30.3 Å². The zero-order chi connectivity index (χ0) is 21.5. The van der Waals surface area contributed by atoms with Gasteiger partial charge in [-0.1, -0.05) is 28.1 Å². The topological polar surface area (TPSA) is 93.1 Å². The molecule has 2 amide bonds. The quantitative estimate of drug-likeness (QED) is 0.546. The van der Waals surface area contributed by atoms with E-state index in [9.17, 15) is 14.4 Å². The van der Waals surface area contributed by atoms with Crippen LogP contribution in [-0.4, -0.2) is 21.6 Å². The summed E-state index contributed by atoms with van der Waals surface area (Å²) in [4.78, 5) is 35.3. The van der Waals surface area contributed by atoms with E-state index in [1.807, 2.05) is 24.3 Å². The number of aromatic nitrogens is 2. The number of hydrogen-bond donors (Lipinski definition) is 2. The van der Waals surface area contributed by atoms with Gasteiger partial charge in [0.15, 0.2) is 0 Å². The van der Waals surface area contributed by atoms with Crippen molar-refractivity contribution < 1.29 is 9.59 Å². The summed E-state index contributed by atoms with van der Waals surface area (Å²) in [5, 5.41) is 9.88. The van der Waals surface area contributed by atoms with Crippen molar-refractivity contribution in [1.82, 2.24) is 9.78 Å². The molecule has 1 aromatic heterocycles. The fourth-order valence-electron chi connectivity index (χ4n) is 2.84. The van der Waals surface area contributed by atoms with E-state index in [0.29, 0.717) is 30.0 Å². The van der Waals surface area contributed by atoms with Crippen molar-refractivity contribution in [1.29, 1.82) is 0 Å². The molecule has 154 valence electrons. The van der Waals surface area contributed by atoms with Gasteiger partial charge in [-0.2, -0.15) is 5.10 Å². The summed E-state index contributed by atoms with van der Waals surface area (Å²) >= 11 is 3.40. The lowest BCUT2D eigenvalue weighted by molar-refractivity contribution is -0.116. The minimum Gasteiger partial charge on any atom is -0.326 e. The molecule has 1 heterocycles. The molecule has 2 N–H and O–H groups in total. The Bertz CT molecular complexity index is 1090. The van der Waals surface area contributed by atoms with Crippen LogP contribution in [0.2, 0.25) is 0 Å². The average molecular weight is 469 g/mol. The Balaban J connectivity index is 1.55. The van der Waals surface area contributed by atoms with Crippen LogP contribution < -0.4 is 16.2 Å². The number of carbonyl (C=O) groups excluding carboxylic acids is 2. The van der Waals surface area contributed by atoms with Gasteiger partial charge in [-0.15, -0.1) is 0 Å². The van der Waals surface area contributed by atoms with Crippen LogP contribution in [0.25, 0.3) is 11.3 Å². The number of carbonyl (C=O) groups is 2. The van der Waals surface area contributed by atoms with Gasteiger partial charge in [0, 0.05) is 47.4 Å². The maximum atomic E-state index is 12.2. The Morgan fingerprint density at radius 3 is 2.20 bits per heavy atom. The second-order valence-corrected chi connectivity index (χ2v) is 7.61. The number of amides is 2. The summed E-state index contributed by atoms with van der Waals surface area (Å²) < 4.78 is 2.35. The van der Waals surface area contributed by atoms with E-state index in [1.165, 1.54) is 17.7 Å². The number of rotatable bonds is 7. The smallest absolute Gasteiger partial charge is 0.266 e. The van der Waals surface area contributed by atoms with E-state index in [0.717, 1.165) is 10.0 Å². The molecule has 3 aromatic rings. The molecular weight excluding hydrogens is 448 g/mol. The molecule has 2 aromatic carbocycles. The Morgan fingerprint density at radius 1 is 0.933 bits per heavy atom. The highest BCUT2D eigenvalue weighted by Crippen LogP contribution is 2.19. The lowest BCUT2D eigenvalue weighted by Gasteiger charge is -2.09.